The lowest BCUT2D eigenvalue weighted by Gasteiger charge is -2.35. The highest BCUT2D eigenvalue weighted by atomic mass is 16.5. The van der Waals surface area contributed by atoms with Crippen molar-refractivity contribution in [3.63, 3.8) is 0 Å². The summed E-state index contributed by atoms with van der Waals surface area (Å²) in [6.45, 7) is 6.53. The molecule has 3 rings (SSSR count). The van der Waals surface area contributed by atoms with Gasteiger partial charge in [0.15, 0.2) is 5.82 Å². The van der Waals surface area contributed by atoms with E-state index in [9.17, 15) is 0 Å². The molecular formula is C17H20N4O3. The first-order valence-electron chi connectivity index (χ1n) is 7.95. The molecule has 1 aliphatic heterocycles. The lowest BCUT2D eigenvalue weighted by Crippen LogP contribution is -2.44. The number of para-hydroxylation sites is 1. The number of ether oxygens (including phenoxy) is 2. The van der Waals surface area contributed by atoms with Crippen molar-refractivity contribution in [1.82, 2.24) is 15.0 Å². The second-order valence-electron chi connectivity index (χ2n) is 5.83. The molecule has 7 nitrogen and oxygen atoms in total. The molecule has 0 aliphatic carbocycles. The molecule has 24 heavy (non-hydrogen) atoms. The van der Waals surface area contributed by atoms with Crippen LogP contribution >= 0.6 is 0 Å². The van der Waals surface area contributed by atoms with Crippen molar-refractivity contribution in [2.45, 2.75) is 26.1 Å². The molecule has 0 N–H and O–H groups in total. The van der Waals surface area contributed by atoms with Crippen molar-refractivity contribution in [3.8, 4) is 11.8 Å². The fraction of sp³-hybridized carbons (Fsp3) is 0.471. The van der Waals surface area contributed by atoms with E-state index in [1.54, 1.807) is 13.0 Å². The van der Waals surface area contributed by atoms with Gasteiger partial charge in [0.2, 0.25) is 0 Å². The van der Waals surface area contributed by atoms with E-state index in [2.05, 4.69) is 21.1 Å². The molecular weight excluding hydrogens is 308 g/mol. The summed E-state index contributed by atoms with van der Waals surface area (Å²) in [5.74, 6) is 1.74. The Balaban J connectivity index is 1.56. The summed E-state index contributed by atoms with van der Waals surface area (Å²) in [5, 5.41) is 12.9. The second kappa shape index (κ2) is 7.43. The molecule has 0 spiro atoms. The standard InChI is InChI=1S/C17H20N4O3/c1-12-10-21(11-16(23-12)17-19-13(2)20-24-17)7-8-22-15-6-4-3-5-14(15)9-18/h3-6,12,16H,7-8,10-11H2,1-2H3/t12-,16-/m1/s1. The van der Waals surface area contributed by atoms with Gasteiger partial charge in [-0.15, -0.1) is 0 Å². The minimum absolute atomic E-state index is 0.0716. The Morgan fingerprint density at radius 1 is 1.38 bits per heavy atom. The van der Waals surface area contributed by atoms with Crippen LogP contribution in [0, 0.1) is 18.3 Å². The number of morpholine rings is 1. The van der Waals surface area contributed by atoms with Crippen LogP contribution < -0.4 is 4.74 Å². The monoisotopic (exact) mass is 328 g/mol. The number of aryl methyl sites for hydroxylation is 1. The Morgan fingerprint density at radius 2 is 2.21 bits per heavy atom. The van der Waals surface area contributed by atoms with Gasteiger partial charge in [-0.25, -0.2) is 0 Å². The molecule has 1 fully saturated rings. The van der Waals surface area contributed by atoms with Crippen LogP contribution in [0.25, 0.3) is 0 Å². The summed E-state index contributed by atoms with van der Waals surface area (Å²) in [5.41, 5.74) is 0.548. The molecule has 1 aliphatic rings. The zero-order chi connectivity index (χ0) is 16.9. The van der Waals surface area contributed by atoms with Gasteiger partial charge in [0.05, 0.1) is 11.7 Å². The van der Waals surface area contributed by atoms with E-state index in [0.29, 0.717) is 36.2 Å². The highest BCUT2D eigenvalue weighted by Gasteiger charge is 2.30. The van der Waals surface area contributed by atoms with E-state index in [1.165, 1.54) is 0 Å². The van der Waals surface area contributed by atoms with E-state index in [1.807, 2.05) is 25.1 Å². The van der Waals surface area contributed by atoms with Crippen LogP contribution in [0.3, 0.4) is 0 Å². The average molecular weight is 328 g/mol. The predicted molar refractivity (Wildman–Crippen MR) is 85.4 cm³/mol. The first-order chi connectivity index (χ1) is 11.7. The van der Waals surface area contributed by atoms with Crippen molar-refractivity contribution in [3.05, 3.63) is 41.5 Å². The number of hydrogen-bond acceptors (Lipinski definition) is 7. The van der Waals surface area contributed by atoms with Crippen LogP contribution in [-0.2, 0) is 4.74 Å². The molecule has 1 saturated heterocycles. The number of hydrogen-bond donors (Lipinski definition) is 0. The Bertz CT molecular complexity index is 725. The van der Waals surface area contributed by atoms with Crippen molar-refractivity contribution in [2.24, 2.45) is 0 Å². The van der Waals surface area contributed by atoms with E-state index >= 15 is 0 Å². The van der Waals surface area contributed by atoms with Gasteiger partial charge >= 0.3 is 0 Å². The quantitative estimate of drug-likeness (QED) is 0.831. The molecule has 0 radical (unpaired) electrons. The second-order valence-corrected chi connectivity index (χ2v) is 5.83. The van der Waals surface area contributed by atoms with Crippen LogP contribution in [-0.4, -0.2) is 47.4 Å². The fourth-order valence-corrected chi connectivity index (χ4v) is 2.77. The van der Waals surface area contributed by atoms with Gasteiger partial charge in [-0.1, -0.05) is 17.3 Å². The third-order valence-electron chi connectivity index (χ3n) is 3.83. The van der Waals surface area contributed by atoms with E-state index < -0.39 is 0 Å². The zero-order valence-electron chi connectivity index (χ0n) is 13.8. The van der Waals surface area contributed by atoms with Gasteiger partial charge in [-0.3, -0.25) is 4.90 Å². The number of aromatic nitrogens is 2. The minimum atomic E-state index is -0.221. The van der Waals surface area contributed by atoms with Gasteiger partial charge in [0.25, 0.3) is 5.89 Å². The van der Waals surface area contributed by atoms with E-state index in [-0.39, 0.29) is 12.2 Å². The van der Waals surface area contributed by atoms with Crippen LogP contribution in [0.2, 0.25) is 0 Å². The third kappa shape index (κ3) is 3.91. The van der Waals surface area contributed by atoms with Gasteiger partial charge < -0.3 is 14.0 Å². The van der Waals surface area contributed by atoms with Crippen molar-refractivity contribution in [1.29, 1.82) is 5.26 Å². The number of nitriles is 1. The number of rotatable bonds is 5. The highest BCUT2D eigenvalue weighted by Crippen LogP contribution is 2.24. The first-order valence-corrected chi connectivity index (χ1v) is 7.95. The van der Waals surface area contributed by atoms with Gasteiger partial charge in [0, 0.05) is 19.6 Å². The first kappa shape index (κ1) is 16.4. The summed E-state index contributed by atoms with van der Waals surface area (Å²) in [7, 11) is 0. The minimum Gasteiger partial charge on any atom is -0.491 e. The van der Waals surface area contributed by atoms with Gasteiger partial charge in [-0.05, 0) is 26.0 Å². The predicted octanol–water partition coefficient (Wildman–Crippen LogP) is 2.09. The smallest absolute Gasteiger partial charge is 0.257 e. The summed E-state index contributed by atoms with van der Waals surface area (Å²) in [6.07, 6.45) is -0.149. The maximum atomic E-state index is 9.08. The summed E-state index contributed by atoms with van der Waals surface area (Å²) in [4.78, 5) is 6.50. The maximum absolute atomic E-state index is 9.08. The van der Waals surface area contributed by atoms with Crippen LogP contribution in [0.15, 0.2) is 28.8 Å². The van der Waals surface area contributed by atoms with E-state index in [0.717, 1.165) is 13.1 Å². The molecule has 2 aromatic rings. The van der Waals surface area contributed by atoms with Crippen molar-refractivity contribution < 1.29 is 14.0 Å². The fourth-order valence-electron chi connectivity index (χ4n) is 2.77. The van der Waals surface area contributed by atoms with Gasteiger partial charge in [-0.2, -0.15) is 10.2 Å². The lowest BCUT2D eigenvalue weighted by molar-refractivity contribution is -0.0923. The summed E-state index contributed by atoms with van der Waals surface area (Å²) in [6, 6.07) is 9.38. The number of nitrogens with zero attached hydrogens (tertiary/aromatic N) is 4. The lowest BCUT2D eigenvalue weighted by atomic mass is 10.2. The molecule has 0 unspecified atom stereocenters. The summed E-state index contributed by atoms with van der Waals surface area (Å²) < 4.78 is 16.9. The van der Waals surface area contributed by atoms with Crippen molar-refractivity contribution in [2.75, 3.05) is 26.2 Å². The molecule has 126 valence electrons. The molecule has 2 heterocycles. The van der Waals surface area contributed by atoms with Crippen molar-refractivity contribution >= 4 is 0 Å². The molecule has 1 aromatic heterocycles. The average Bonchev–Trinajstić information content (AvgIpc) is 3.01. The highest BCUT2D eigenvalue weighted by molar-refractivity contribution is 5.42. The van der Waals surface area contributed by atoms with Crippen LogP contribution in [0.4, 0.5) is 0 Å². The molecule has 0 amide bonds. The Hall–Kier alpha value is -2.43. The van der Waals surface area contributed by atoms with E-state index in [4.69, 9.17) is 19.3 Å². The van der Waals surface area contributed by atoms with Gasteiger partial charge in [0.1, 0.15) is 24.5 Å². The molecule has 0 saturated carbocycles. The normalized spacial score (nSPS) is 21.4. The Morgan fingerprint density at radius 3 is 2.96 bits per heavy atom. The maximum Gasteiger partial charge on any atom is 0.257 e. The molecule has 2 atom stereocenters. The topological polar surface area (TPSA) is 84.4 Å². The third-order valence-corrected chi connectivity index (χ3v) is 3.83. The van der Waals surface area contributed by atoms with Crippen LogP contribution in [0.5, 0.6) is 5.75 Å². The largest absolute Gasteiger partial charge is 0.491 e. The van der Waals surface area contributed by atoms with Crippen LogP contribution in [0.1, 0.15) is 30.3 Å². The Labute approximate surface area is 140 Å². The zero-order valence-corrected chi connectivity index (χ0v) is 13.8. The SMILES string of the molecule is Cc1noc([C@H]2CN(CCOc3ccccc3C#N)C[C@@H](C)O2)n1. The molecule has 7 heteroatoms. The Kier molecular flexibility index (Phi) is 5.08. The summed E-state index contributed by atoms with van der Waals surface area (Å²) >= 11 is 0. The molecule has 1 aromatic carbocycles. The molecule has 0 bridgehead atoms. The number of benzene rings is 1.